The van der Waals surface area contributed by atoms with E-state index in [0.29, 0.717) is 16.2 Å². The fourth-order valence-electron chi connectivity index (χ4n) is 2.82. The zero-order chi connectivity index (χ0) is 20.7. The molecule has 0 unspecified atom stereocenters. The highest BCUT2D eigenvalue weighted by molar-refractivity contribution is 7.92. The third-order valence-corrected chi connectivity index (χ3v) is 5.60. The predicted molar refractivity (Wildman–Crippen MR) is 93.5 cm³/mol. The number of hydrogen-bond donors (Lipinski definition) is 2. The lowest BCUT2D eigenvalue weighted by Crippen LogP contribution is -2.37. The van der Waals surface area contributed by atoms with Crippen molar-refractivity contribution in [1.29, 1.82) is 0 Å². The van der Waals surface area contributed by atoms with Crippen molar-refractivity contribution in [3.8, 4) is 0 Å². The standard InChI is InChI=1S/C17H15F4N3O3S/c1-22-12-3-5-14(18)15(7-12)23-28(26,27)13-4-2-10-8-24(9-11(10)6-13)16(25)17(19,20)21/h2-7,22-23H,8-9H2,1H3. The number of amides is 1. The Morgan fingerprint density at radius 2 is 1.75 bits per heavy atom. The molecular formula is C17H15F4N3O3S. The van der Waals surface area contributed by atoms with E-state index >= 15 is 0 Å². The molecule has 1 amide bonds. The van der Waals surface area contributed by atoms with Crippen molar-refractivity contribution in [2.75, 3.05) is 17.1 Å². The number of nitrogens with one attached hydrogen (secondary N) is 2. The molecule has 3 rings (SSSR count). The van der Waals surface area contributed by atoms with Crippen molar-refractivity contribution in [3.05, 3.63) is 53.3 Å². The quantitative estimate of drug-likeness (QED) is 0.750. The molecule has 1 aliphatic heterocycles. The van der Waals surface area contributed by atoms with Crippen LogP contribution in [0.2, 0.25) is 0 Å². The van der Waals surface area contributed by atoms with Gasteiger partial charge in [-0.25, -0.2) is 12.8 Å². The molecule has 28 heavy (non-hydrogen) atoms. The average molecular weight is 417 g/mol. The molecule has 0 aliphatic carbocycles. The average Bonchev–Trinajstić information content (AvgIpc) is 3.05. The van der Waals surface area contributed by atoms with Crippen molar-refractivity contribution in [2.45, 2.75) is 24.2 Å². The van der Waals surface area contributed by atoms with E-state index in [2.05, 4.69) is 10.0 Å². The highest BCUT2D eigenvalue weighted by Crippen LogP contribution is 2.30. The summed E-state index contributed by atoms with van der Waals surface area (Å²) < 4.78 is 79.0. The van der Waals surface area contributed by atoms with E-state index in [4.69, 9.17) is 0 Å². The maximum Gasteiger partial charge on any atom is 0.471 e. The minimum Gasteiger partial charge on any atom is -0.388 e. The number of anilines is 2. The summed E-state index contributed by atoms with van der Waals surface area (Å²) in [5.74, 6) is -2.78. The predicted octanol–water partition coefficient (Wildman–Crippen LogP) is 3.07. The molecule has 0 saturated heterocycles. The van der Waals surface area contributed by atoms with Crippen LogP contribution in [-0.4, -0.2) is 32.4 Å². The van der Waals surface area contributed by atoms with E-state index in [0.717, 1.165) is 6.07 Å². The largest absolute Gasteiger partial charge is 0.471 e. The Morgan fingerprint density at radius 1 is 1.07 bits per heavy atom. The van der Waals surface area contributed by atoms with E-state index < -0.39 is 27.9 Å². The second kappa shape index (κ2) is 6.97. The molecule has 1 aliphatic rings. The van der Waals surface area contributed by atoms with Crippen LogP contribution in [0.1, 0.15) is 11.1 Å². The van der Waals surface area contributed by atoms with E-state index in [9.17, 15) is 30.8 Å². The lowest BCUT2D eigenvalue weighted by atomic mass is 10.1. The molecule has 0 fully saturated rings. The number of halogens is 4. The fourth-order valence-corrected chi connectivity index (χ4v) is 3.93. The molecule has 6 nitrogen and oxygen atoms in total. The first kappa shape index (κ1) is 19.9. The van der Waals surface area contributed by atoms with Gasteiger partial charge in [0.25, 0.3) is 10.0 Å². The lowest BCUT2D eigenvalue weighted by Gasteiger charge is -2.16. The SMILES string of the molecule is CNc1ccc(F)c(NS(=O)(=O)c2ccc3c(c2)CN(C(=O)C(F)(F)F)C3)c1. The summed E-state index contributed by atoms with van der Waals surface area (Å²) >= 11 is 0. The van der Waals surface area contributed by atoms with Gasteiger partial charge in [-0.3, -0.25) is 9.52 Å². The Balaban J connectivity index is 1.86. The Bertz CT molecular complexity index is 1040. The van der Waals surface area contributed by atoms with Gasteiger partial charge in [0.05, 0.1) is 10.6 Å². The van der Waals surface area contributed by atoms with E-state index in [1.165, 1.54) is 30.3 Å². The summed E-state index contributed by atoms with van der Waals surface area (Å²) in [7, 11) is -2.61. The highest BCUT2D eigenvalue weighted by Gasteiger charge is 2.44. The topological polar surface area (TPSA) is 78.5 Å². The highest BCUT2D eigenvalue weighted by atomic mass is 32.2. The summed E-state index contributed by atoms with van der Waals surface area (Å²) in [4.78, 5) is 11.7. The number of fused-ring (bicyclic) bond motifs is 1. The molecule has 0 aromatic heterocycles. The van der Waals surface area contributed by atoms with Crippen LogP contribution in [0, 0.1) is 5.82 Å². The van der Waals surface area contributed by atoms with Crippen LogP contribution in [0.4, 0.5) is 28.9 Å². The molecule has 0 bridgehead atoms. The van der Waals surface area contributed by atoms with Gasteiger partial charge >= 0.3 is 12.1 Å². The normalized spacial score (nSPS) is 14.0. The third-order valence-electron chi connectivity index (χ3n) is 4.24. The van der Waals surface area contributed by atoms with Crippen LogP contribution in [0.3, 0.4) is 0 Å². The maximum absolute atomic E-state index is 13.9. The molecular weight excluding hydrogens is 402 g/mol. The first-order chi connectivity index (χ1) is 13.0. The minimum atomic E-state index is -5.01. The molecule has 0 radical (unpaired) electrons. The zero-order valence-electron chi connectivity index (χ0n) is 14.5. The van der Waals surface area contributed by atoms with Crippen LogP contribution < -0.4 is 10.0 Å². The van der Waals surface area contributed by atoms with E-state index in [-0.39, 0.29) is 29.2 Å². The van der Waals surface area contributed by atoms with Crippen molar-refractivity contribution in [2.24, 2.45) is 0 Å². The molecule has 0 atom stereocenters. The van der Waals surface area contributed by atoms with Crippen LogP contribution in [0.5, 0.6) is 0 Å². The summed E-state index contributed by atoms with van der Waals surface area (Å²) in [6, 6.07) is 7.50. The van der Waals surface area contributed by atoms with E-state index in [1.807, 2.05) is 0 Å². The third kappa shape index (κ3) is 3.88. The van der Waals surface area contributed by atoms with Crippen LogP contribution >= 0.6 is 0 Å². The van der Waals surface area contributed by atoms with Gasteiger partial charge in [0.15, 0.2) is 0 Å². The first-order valence-corrected chi connectivity index (χ1v) is 9.47. The number of benzene rings is 2. The number of carbonyl (C=O) groups excluding carboxylic acids is 1. The van der Waals surface area contributed by atoms with Gasteiger partial charge in [-0.1, -0.05) is 6.07 Å². The molecule has 2 N–H and O–H groups in total. The molecule has 150 valence electrons. The molecule has 1 heterocycles. The van der Waals surface area contributed by atoms with Crippen LogP contribution in [-0.2, 0) is 27.9 Å². The second-order valence-corrected chi connectivity index (χ2v) is 7.82. The number of rotatable bonds is 4. The van der Waals surface area contributed by atoms with Gasteiger partial charge in [-0.15, -0.1) is 0 Å². The number of carbonyl (C=O) groups is 1. The van der Waals surface area contributed by atoms with E-state index in [1.54, 1.807) is 7.05 Å². The number of alkyl halides is 3. The summed E-state index contributed by atoms with van der Waals surface area (Å²) in [5.41, 5.74) is 0.903. The maximum atomic E-state index is 13.9. The molecule has 11 heteroatoms. The number of nitrogens with zero attached hydrogens (tertiary/aromatic N) is 1. The number of sulfonamides is 1. The molecule has 2 aromatic rings. The van der Waals surface area contributed by atoms with Crippen molar-refractivity contribution < 1.29 is 30.8 Å². The summed E-state index contributed by atoms with van der Waals surface area (Å²) in [6.45, 7) is -0.624. The minimum absolute atomic E-state index is 0.248. The van der Waals surface area contributed by atoms with Crippen LogP contribution in [0.15, 0.2) is 41.3 Å². The fraction of sp³-hybridized carbons (Fsp3) is 0.235. The molecule has 0 saturated carbocycles. The zero-order valence-corrected chi connectivity index (χ0v) is 15.3. The molecule has 2 aromatic carbocycles. The smallest absolute Gasteiger partial charge is 0.388 e. The van der Waals surface area contributed by atoms with Gasteiger partial charge in [-0.05, 0) is 41.5 Å². The van der Waals surface area contributed by atoms with Gasteiger partial charge < -0.3 is 10.2 Å². The summed E-state index contributed by atoms with van der Waals surface area (Å²) in [5, 5.41) is 2.75. The Hall–Kier alpha value is -2.82. The van der Waals surface area contributed by atoms with Gasteiger partial charge in [0.2, 0.25) is 0 Å². The number of hydrogen-bond acceptors (Lipinski definition) is 4. The monoisotopic (exact) mass is 417 g/mol. The van der Waals surface area contributed by atoms with Gasteiger partial charge in [0.1, 0.15) is 5.82 Å². The van der Waals surface area contributed by atoms with Crippen molar-refractivity contribution in [3.63, 3.8) is 0 Å². The Kier molecular flexibility index (Phi) is 4.96. The first-order valence-electron chi connectivity index (χ1n) is 7.99. The Labute approximate surface area is 158 Å². The van der Waals surface area contributed by atoms with Crippen molar-refractivity contribution in [1.82, 2.24) is 4.90 Å². The van der Waals surface area contributed by atoms with Gasteiger partial charge in [0, 0.05) is 25.8 Å². The van der Waals surface area contributed by atoms with Crippen molar-refractivity contribution >= 4 is 27.3 Å². The lowest BCUT2D eigenvalue weighted by molar-refractivity contribution is -0.186. The van der Waals surface area contributed by atoms with Crippen LogP contribution in [0.25, 0.3) is 0 Å². The summed E-state index contributed by atoms with van der Waals surface area (Å²) in [6.07, 6.45) is -5.01. The second-order valence-electron chi connectivity index (χ2n) is 6.14. The van der Waals surface area contributed by atoms with Gasteiger partial charge in [-0.2, -0.15) is 13.2 Å². The molecule has 0 spiro atoms. The Morgan fingerprint density at radius 3 is 2.39 bits per heavy atom.